The monoisotopic (exact) mass is 866 g/mol. The first-order chi connectivity index (χ1) is 32.7. The zero-order valence-electron chi connectivity index (χ0n) is 39.1. The Bertz CT molecular complexity index is 2490. The third kappa shape index (κ3) is 9.60. The molecule has 7 aromatic rings. The Morgan fingerprint density at radius 1 is 0.242 bits per heavy atom. The highest BCUT2D eigenvalue weighted by Crippen LogP contribution is 2.43. The average Bonchev–Trinajstić information content (AvgIpc) is 3.42. The van der Waals surface area contributed by atoms with Crippen molar-refractivity contribution in [2.24, 2.45) is 0 Å². The minimum Gasteiger partial charge on any atom is -0.208 e. The van der Waals surface area contributed by atoms with Gasteiger partial charge in [0, 0.05) is 16.7 Å². The molecule has 11 rings (SSSR count). The maximum atomic E-state index is 5.29. The van der Waals surface area contributed by atoms with Gasteiger partial charge < -0.3 is 0 Å². The fourth-order valence-corrected chi connectivity index (χ4v) is 12.3. The molecule has 0 unspecified atom stereocenters. The van der Waals surface area contributed by atoms with Crippen molar-refractivity contribution in [2.45, 2.75) is 152 Å². The Kier molecular flexibility index (Phi) is 13.0. The first kappa shape index (κ1) is 42.9. The lowest BCUT2D eigenvalue weighted by Crippen LogP contribution is -2.08. The molecule has 3 nitrogen and oxygen atoms in total. The van der Waals surface area contributed by atoms with Crippen molar-refractivity contribution in [1.29, 1.82) is 0 Å². The van der Waals surface area contributed by atoms with Gasteiger partial charge in [-0.05, 0) is 131 Å². The molecule has 0 atom stereocenters. The summed E-state index contributed by atoms with van der Waals surface area (Å²) in [5.74, 6) is 4.82. The van der Waals surface area contributed by atoms with Crippen LogP contribution in [-0.2, 0) is 0 Å². The summed E-state index contributed by atoms with van der Waals surface area (Å²) in [7, 11) is 0. The predicted octanol–water partition coefficient (Wildman–Crippen LogP) is 18.1. The second-order valence-corrected chi connectivity index (χ2v) is 20.5. The minimum atomic E-state index is 0.681. The smallest absolute Gasteiger partial charge is 0.164 e. The van der Waals surface area contributed by atoms with E-state index in [0.29, 0.717) is 41.1 Å². The summed E-state index contributed by atoms with van der Waals surface area (Å²) in [5, 5.41) is 0. The number of hydrogen-bond donors (Lipinski definition) is 0. The Balaban J connectivity index is 0.965. The van der Waals surface area contributed by atoms with Crippen LogP contribution < -0.4 is 0 Å². The maximum absolute atomic E-state index is 5.29. The van der Waals surface area contributed by atoms with E-state index in [0.717, 1.165) is 27.8 Å². The van der Waals surface area contributed by atoms with E-state index in [1.54, 1.807) is 22.3 Å². The summed E-state index contributed by atoms with van der Waals surface area (Å²) >= 11 is 0. The third-order valence-corrected chi connectivity index (χ3v) is 16.1. The summed E-state index contributed by atoms with van der Waals surface area (Å²) in [4.78, 5) is 15.9. The van der Waals surface area contributed by atoms with Crippen LogP contribution in [0.3, 0.4) is 0 Å². The second kappa shape index (κ2) is 20.1. The first-order valence-electron chi connectivity index (χ1n) is 26.1. The molecule has 334 valence electrons. The van der Waals surface area contributed by atoms with Gasteiger partial charge >= 0.3 is 0 Å². The molecular weight excluding hydrogens is 799 g/mol. The Hall–Kier alpha value is -5.67. The van der Waals surface area contributed by atoms with Gasteiger partial charge in [0.2, 0.25) is 0 Å². The lowest BCUT2D eigenvalue weighted by Gasteiger charge is -2.27. The zero-order valence-corrected chi connectivity index (χ0v) is 39.1. The number of aromatic nitrogens is 3. The van der Waals surface area contributed by atoms with Crippen LogP contribution in [0.1, 0.15) is 174 Å². The van der Waals surface area contributed by atoms with Crippen LogP contribution in [0.25, 0.3) is 67.5 Å². The van der Waals surface area contributed by atoms with Gasteiger partial charge in [-0.1, -0.05) is 217 Å². The summed E-state index contributed by atoms with van der Waals surface area (Å²) in [6, 6.07) is 52.6. The van der Waals surface area contributed by atoms with Crippen molar-refractivity contribution in [3.63, 3.8) is 0 Å². The largest absolute Gasteiger partial charge is 0.208 e. The number of hydrogen-bond acceptors (Lipinski definition) is 3. The average molecular weight is 866 g/mol. The summed E-state index contributed by atoms with van der Waals surface area (Å²) in [6.45, 7) is 0. The van der Waals surface area contributed by atoms with Crippen molar-refractivity contribution in [3.8, 4) is 67.5 Å². The molecule has 4 aliphatic rings. The quantitative estimate of drug-likeness (QED) is 0.137. The topological polar surface area (TPSA) is 38.7 Å². The van der Waals surface area contributed by atoms with E-state index in [9.17, 15) is 0 Å². The molecular formula is C63H67N3. The highest BCUT2D eigenvalue weighted by Gasteiger charge is 2.24. The predicted molar refractivity (Wildman–Crippen MR) is 276 cm³/mol. The fraction of sp³-hybridized carbons (Fsp3) is 0.381. The van der Waals surface area contributed by atoms with Gasteiger partial charge in [-0.15, -0.1) is 0 Å². The highest BCUT2D eigenvalue weighted by atomic mass is 15.0. The molecule has 4 fully saturated rings. The van der Waals surface area contributed by atoms with Crippen LogP contribution in [0, 0.1) is 0 Å². The second-order valence-electron chi connectivity index (χ2n) is 20.5. The van der Waals surface area contributed by atoms with E-state index < -0.39 is 0 Å². The van der Waals surface area contributed by atoms with Crippen molar-refractivity contribution in [2.75, 3.05) is 0 Å². The molecule has 0 N–H and O–H groups in total. The molecule has 0 radical (unpaired) electrons. The molecule has 0 bridgehead atoms. The highest BCUT2D eigenvalue weighted by molar-refractivity contribution is 5.82. The van der Waals surface area contributed by atoms with Crippen LogP contribution in [-0.4, -0.2) is 15.0 Å². The molecule has 3 heteroatoms. The van der Waals surface area contributed by atoms with Gasteiger partial charge in [0.25, 0.3) is 0 Å². The molecule has 0 amide bonds. The summed E-state index contributed by atoms with van der Waals surface area (Å²) in [5.41, 5.74) is 16.8. The van der Waals surface area contributed by atoms with Crippen molar-refractivity contribution >= 4 is 0 Å². The Morgan fingerprint density at radius 3 is 0.939 bits per heavy atom. The lowest BCUT2D eigenvalue weighted by molar-refractivity contribution is 0.435. The van der Waals surface area contributed by atoms with Crippen LogP contribution in [0.4, 0.5) is 0 Å². The van der Waals surface area contributed by atoms with E-state index in [4.69, 9.17) is 15.0 Å². The normalized spacial score (nSPS) is 18.1. The van der Waals surface area contributed by atoms with E-state index in [1.807, 2.05) is 0 Å². The molecule has 6 aromatic carbocycles. The van der Waals surface area contributed by atoms with E-state index in [-0.39, 0.29) is 0 Å². The van der Waals surface area contributed by atoms with Gasteiger partial charge in [0.15, 0.2) is 17.5 Å². The summed E-state index contributed by atoms with van der Waals surface area (Å²) in [6.07, 6.45) is 26.9. The maximum Gasteiger partial charge on any atom is 0.164 e. The van der Waals surface area contributed by atoms with E-state index >= 15 is 0 Å². The van der Waals surface area contributed by atoms with Gasteiger partial charge in [0.05, 0.1) is 0 Å². The standard InChI is InChI=1S/C63H67N3/c1-6-18-44(19-7-1)53-38-54(45-20-8-2-9-21-45)41-57(40-53)48-30-34-51(35-31-48)61-64-62(66-63(65-61)60-29-17-16-28-59(60)50-26-14-5-15-27-50)52-36-32-49(33-37-52)58-42-55(46-22-10-3-11-23-46)39-56(43-58)47-24-12-4-13-25-47/h5,14-17,26-47H,1-4,6-13,18-25H2. The van der Waals surface area contributed by atoms with E-state index in [1.165, 1.54) is 151 Å². The van der Waals surface area contributed by atoms with Gasteiger partial charge in [-0.3, -0.25) is 0 Å². The third-order valence-electron chi connectivity index (χ3n) is 16.1. The minimum absolute atomic E-state index is 0.681. The van der Waals surface area contributed by atoms with Crippen molar-refractivity contribution < 1.29 is 0 Å². The SMILES string of the molecule is c1ccc(-c2ccccc2-c2nc(-c3ccc(-c4cc(C5CCCCC5)cc(C5CCCCC5)c4)cc3)nc(-c3ccc(-c4cc(C5CCCCC5)cc(C5CCCCC5)c4)cc3)n2)cc1. The molecule has 1 aromatic heterocycles. The fourth-order valence-electron chi connectivity index (χ4n) is 12.3. The van der Waals surface area contributed by atoms with Crippen LogP contribution in [0.15, 0.2) is 140 Å². The molecule has 0 saturated heterocycles. The Labute approximate surface area is 394 Å². The molecule has 0 aliphatic heterocycles. The number of benzene rings is 6. The summed E-state index contributed by atoms with van der Waals surface area (Å²) < 4.78 is 0. The van der Waals surface area contributed by atoms with Crippen LogP contribution in [0.2, 0.25) is 0 Å². The van der Waals surface area contributed by atoms with Crippen molar-refractivity contribution in [1.82, 2.24) is 15.0 Å². The number of rotatable bonds is 10. The molecule has 0 spiro atoms. The number of nitrogens with zero attached hydrogens (tertiary/aromatic N) is 3. The van der Waals surface area contributed by atoms with Gasteiger partial charge in [0.1, 0.15) is 0 Å². The zero-order chi connectivity index (χ0) is 44.1. The lowest BCUT2D eigenvalue weighted by atomic mass is 9.78. The Morgan fingerprint density at radius 2 is 0.561 bits per heavy atom. The van der Waals surface area contributed by atoms with Gasteiger partial charge in [-0.25, -0.2) is 15.0 Å². The molecule has 4 saturated carbocycles. The molecule has 1 heterocycles. The van der Waals surface area contributed by atoms with Crippen molar-refractivity contribution in [3.05, 3.63) is 162 Å². The van der Waals surface area contributed by atoms with Crippen LogP contribution >= 0.6 is 0 Å². The first-order valence-corrected chi connectivity index (χ1v) is 26.1. The molecule has 66 heavy (non-hydrogen) atoms. The van der Waals surface area contributed by atoms with Gasteiger partial charge in [-0.2, -0.15) is 0 Å². The van der Waals surface area contributed by atoms with Crippen LogP contribution in [0.5, 0.6) is 0 Å². The van der Waals surface area contributed by atoms with E-state index in [2.05, 4.69) is 140 Å². The molecule has 4 aliphatic carbocycles.